The average Bonchev–Trinajstić information content (AvgIpc) is 2.66. The molecule has 2 N–H and O–H groups in total. The summed E-state index contributed by atoms with van der Waals surface area (Å²) >= 11 is 0. The molecule has 1 amide bonds. The van der Waals surface area contributed by atoms with Gasteiger partial charge in [0, 0.05) is 19.3 Å². The Bertz CT molecular complexity index is 360. The zero-order valence-corrected chi connectivity index (χ0v) is 8.26. The molecule has 1 aromatic carbocycles. The highest BCUT2D eigenvalue weighted by Crippen LogP contribution is 2.26. The maximum atomic E-state index is 11.2. The molecular formula is C11H14N2O. The van der Waals surface area contributed by atoms with Crippen LogP contribution in [0.2, 0.25) is 0 Å². The summed E-state index contributed by atoms with van der Waals surface area (Å²) in [6.45, 7) is 0.986. The molecule has 3 heteroatoms. The summed E-state index contributed by atoms with van der Waals surface area (Å²) in [5.74, 6) is 0.0621. The fraction of sp³-hybridized carbons (Fsp3) is 0.364. The molecule has 0 saturated carbocycles. The van der Waals surface area contributed by atoms with Gasteiger partial charge in [-0.05, 0) is 17.5 Å². The van der Waals surface area contributed by atoms with Gasteiger partial charge in [-0.15, -0.1) is 0 Å². The van der Waals surface area contributed by atoms with Gasteiger partial charge < -0.3 is 10.6 Å². The van der Waals surface area contributed by atoms with Crippen LogP contribution in [0.1, 0.15) is 11.1 Å². The van der Waals surface area contributed by atoms with Crippen LogP contribution < -0.4 is 10.6 Å². The van der Waals surface area contributed by atoms with Crippen molar-refractivity contribution in [2.45, 2.75) is 12.8 Å². The highest BCUT2D eigenvalue weighted by Gasteiger charge is 2.14. The molecule has 0 spiro atoms. The van der Waals surface area contributed by atoms with Gasteiger partial charge in [-0.2, -0.15) is 0 Å². The lowest BCUT2D eigenvalue weighted by molar-refractivity contribution is -0.119. The molecule has 3 nitrogen and oxygen atoms in total. The number of hydrogen-bond donors (Lipinski definition) is 2. The van der Waals surface area contributed by atoms with E-state index in [9.17, 15) is 4.79 Å². The van der Waals surface area contributed by atoms with Crippen LogP contribution in [-0.4, -0.2) is 19.5 Å². The van der Waals surface area contributed by atoms with Gasteiger partial charge in [-0.3, -0.25) is 4.79 Å². The molecule has 1 aromatic rings. The summed E-state index contributed by atoms with van der Waals surface area (Å²) in [7, 11) is 1.67. The van der Waals surface area contributed by atoms with Gasteiger partial charge in [0.25, 0.3) is 0 Å². The Morgan fingerprint density at radius 2 is 2.43 bits per heavy atom. The van der Waals surface area contributed by atoms with Crippen LogP contribution in [0.3, 0.4) is 0 Å². The first kappa shape index (κ1) is 9.06. The summed E-state index contributed by atoms with van der Waals surface area (Å²) in [5.41, 5.74) is 3.59. The number of benzene rings is 1. The third-order valence-electron chi connectivity index (χ3n) is 2.56. The number of anilines is 1. The Morgan fingerprint density at radius 1 is 1.57 bits per heavy atom. The minimum absolute atomic E-state index is 0.0621. The Morgan fingerprint density at radius 3 is 3.21 bits per heavy atom. The van der Waals surface area contributed by atoms with Gasteiger partial charge in [0.2, 0.25) is 5.91 Å². The highest BCUT2D eigenvalue weighted by atomic mass is 16.1. The molecular weight excluding hydrogens is 176 g/mol. The van der Waals surface area contributed by atoms with Crippen molar-refractivity contribution in [1.82, 2.24) is 5.32 Å². The number of para-hydroxylation sites is 1. The van der Waals surface area contributed by atoms with E-state index in [1.165, 1.54) is 5.56 Å². The zero-order chi connectivity index (χ0) is 9.97. The predicted octanol–water partition coefficient (Wildman–Crippen LogP) is 0.943. The molecule has 74 valence electrons. The van der Waals surface area contributed by atoms with Crippen LogP contribution in [0, 0.1) is 0 Å². The molecule has 0 atom stereocenters. The van der Waals surface area contributed by atoms with Crippen molar-refractivity contribution in [3.8, 4) is 0 Å². The standard InChI is InChI=1S/C11H14N2O/c1-12-10(14)7-9-4-2-3-8-5-6-13-11(8)9/h2-4,13H,5-7H2,1H3,(H,12,14). The number of fused-ring (bicyclic) bond motifs is 1. The van der Waals surface area contributed by atoms with Crippen LogP contribution in [0.25, 0.3) is 0 Å². The molecule has 0 aliphatic carbocycles. The number of rotatable bonds is 2. The molecule has 0 aromatic heterocycles. The summed E-state index contributed by atoms with van der Waals surface area (Å²) in [6.07, 6.45) is 1.53. The Hall–Kier alpha value is -1.51. The third-order valence-corrected chi connectivity index (χ3v) is 2.56. The first-order valence-electron chi connectivity index (χ1n) is 4.86. The second-order valence-electron chi connectivity index (χ2n) is 3.48. The summed E-state index contributed by atoms with van der Waals surface area (Å²) < 4.78 is 0. The SMILES string of the molecule is CNC(=O)Cc1cccc2c1NCC2. The van der Waals surface area contributed by atoms with E-state index in [2.05, 4.69) is 16.7 Å². The molecule has 1 aliphatic rings. The van der Waals surface area contributed by atoms with Crippen LogP contribution in [0.4, 0.5) is 5.69 Å². The fourth-order valence-corrected chi connectivity index (χ4v) is 1.82. The number of likely N-dealkylation sites (N-methyl/N-ethyl adjacent to an activating group) is 1. The normalized spacial score (nSPS) is 13.2. The van der Waals surface area contributed by atoms with Crippen molar-refractivity contribution in [2.75, 3.05) is 18.9 Å². The maximum Gasteiger partial charge on any atom is 0.224 e. The van der Waals surface area contributed by atoms with Gasteiger partial charge >= 0.3 is 0 Å². The van der Waals surface area contributed by atoms with Crippen LogP contribution >= 0.6 is 0 Å². The van der Waals surface area contributed by atoms with Crippen LogP contribution in [0.15, 0.2) is 18.2 Å². The third kappa shape index (κ3) is 1.58. The van der Waals surface area contributed by atoms with E-state index in [1.807, 2.05) is 12.1 Å². The van der Waals surface area contributed by atoms with E-state index >= 15 is 0 Å². The smallest absolute Gasteiger partial charge is 0.224 e. The van der Waals surface area contributed by atoms with E-state index in [0.29, 0.717) is 6.42 Å². The zero-order valence-electron chi connectivity index (χ0n) is 8.26. The molecule has 0 unspecified atom stereocenters. The van der Waals surface area contributed by atoms with Crippen molar-refractivity contribution in [3.63, 3.8) is 0 Å². The molecule has 0 fully saturated rings. The molecule has 0 radical (unpaired) electrons. The number of carbonyl (C=O) groups is 1. The Kier molecular flexibility index (Phi) is 2.39. The monoisotopic (exact) mass is 190 g/mol. The quantitative estimate of drug-likeness (QED) is 0.728. The van der Waals surface area contributed by atoms with E-state index in [4.69, 9.17) is 0 Å². The number of amides is 1. The van der Waals surface area contributed by atoms with Gasteiger partial charge in [0.1, 0.15) is 0 Å². The van der Waals surface area contributed by atoms with Crippen molar-refractivity contribution in [3.05, 3.63) is 29.3 Å². The summed E-state index contributed by atoms with van der Waals surface area (Å²) in [4.78, 5) is 11.2. The molecule has 2 rings (SSSR count). The van der Waals surface area contributed by atoms with Crippen LogP contribution in [-0.2, 0) is 17.6 Å². The van der Waals surface area contributed by atoms with E-state index in [-0.39, 0.29) is 5.91 Å². The van der Waals surface area contributed by atoms with E-state index in [0.717, 1.165) is 24.2 Å². The maximum absolute atomic E-state index is 11.2. The first-order chi connectivity index (χ1) is 6.81. The lowest BCUT2D eigenvalue weighted by atomic mass is 10.0. The average molecular weight is 190 g/mol. The predicted molar refractivity (Wildman–Crippen MR) is 56.4 cm³/mol. The number of hydrogen-bond acceptors (Lipinski definition) is 2. The number of carbonyl (C=O) groups excluding carboxylic acids is 1. The van der Waals surface area contributed by atoms with Crippen molar-refractivity contribution >= 4 is 11.6 Å². The summed E-state index contributed by atoms with van der Waals surface area (Å²) in [6, 6.07) is 6.14. The highest BCUT2D eigenvalue weighted by molar-refractivity contribution is 5.81. The second-order valence-corrected chi connectivity index (χ2v) is 3.48. The Balaban J connectivity index is 2.26. The van der Waals surface area contributed by atoms with Gasteiger partial charge in [0.15, 0.2) is 0 Å². The second kappa shape index (κ2) is 3.70. The topological polar surface area (TPSA) is 41.1 Å². The molecule has 1 heterocycles. The van der Waals surface area contributed by atoms with Gasteiger partial charge in [-0.25, -0.2) is 0 Å². The van der Waals surface area contributed by atoms with Crippen molar-refractivity contribution < 1.29 is 4.79 Å². The summed E-state index contributed by atoms with van der Waals surface area (Å²) in [5, 5.41) is 5.96. The molecule has 0 bridgehead atoms. The van der Waals surface area contributed by atoms with Crippen LogP contribution in [0.5, 0.6) is 0 Å². The molecule has 14 heavy (non-hydrogen) atoms. The van der Waals surface area contributed by atoms with E-state index < -0.39 is 0 Å². The lowest BCUT2D eigenvalue weighted by Crippen LogP contribution is -2.20. The largest absolute Gasteiger partial charge is 0.384 e. The number of nitrogens with one attached hydrogen (secondary N) is 2. The lowest BCUT2D eigenvalue weighted by Gasteiger charge is -2.07. The van der Waals surface area contributed by atoms with E-state index in [1.54, 1.807) is 7.05 Å². The molecule has 0 saturated heterocycles. The first-order valence-corrected chi connectivity index (χ1v) is 4.86. The fourth-order valence-electron chi connectivity index (χ4n) is 1.82. The Labute approximate surface area is 83.5 Å². The van der Waals surface area contributed by atoms with Gasteiger partial charge in [0.05, 0.1) is 6.42 Å². The minimum Gasteiger partial charge on any atom is -0.384 e. The minimum atomic E-state index is 0.0621. The van der Waals surface area contributed by atoms with Gasteiger partial charge in [-0.1, -0.05) is 18.2 Å². The van der Waals surface area contributed by atoms with Crippen molar-refractivity contribution in [2.24, 2.45) is 0 Å². The molecule has 1 aliphatic heterocycles. The van der Waals surface area contributed by atoms with Crippen molar-refractivity contribution in [1.29, 1.82) is 0 Å².